The number of aryl methyl sites for hydroxylation is 1. The lowest BCUT2D eigenvalue weighted by Crippen LogP contribution is -2.15. The van der Waals surface area contributed by atoms with Crippen molar-refractivity contribution in [2.75, 3.05) is 13.7 Å². The molecular formula is C12H20N2O2. The highest BCUT2D eigenvalue weighted by molar-refractivity contribution is 5.68. The van der Waals surface area contributed by atoms with Crippen molar-refractivity contribution in [1.82, 2.24) is 9.88 Å². The number of carbonyl (C=O) groups is 1. The zero-order valence-corrected chi connectivity index (χ0v) is 10.0. The Morgan fingerprint density at radius 3 is 3.06 bits per heavy atom. The lowest BCUT2D eigenvalue weighted by molar-refractivity contribution is -0.140. The second-order valence-corrected chi connectivity index (χ2v) is 3.65. The van der Waals surface area contributed by atoms with E-state index in [1.165, 1.54) is 12.8 Å². The van der Waals surface area contributed by atoms with Gasteiger partial charge in [-0.05, 0) is 25.1 Å². The maximum absolute atomic E-state index is 11.0. The van der Waals surface area contributed by atoms with E-state index in [9.17, 15) is 4.79 Å². The molecule has 16 heavy (non-hydrogen) atoms. The molecule has 4 nitrogen and oxygen atoms in total. The highest BCUT2D eigenvalue weighted by Crippen LogP contribution is 2.05. The Labute approximate surface area is 96.6 Å². The number of hydrogen-bond donors (Lipinski definition) is 1. The Bertz CT molecular complexity index is 321. The molecule has 0 radical (unpaired) electrons. The Kier molecular flexibility index (Phi) is 5.64. The van der Waals surface area contributed by atoms with Gasteiger partial charge in [-0.2, -0.15) is 0 Å². The molecule has 0 atom stereocenters. The molecule has 0 aromatic carbocycles. The number of carbonyl (C=O) groups excluding carboxylic acids is 1. The minimum Gasteiger partial charge on any atom is -0.469 e. The molecular weight excluding hydrogens is 204 g/mol. The van der Waals surface area contributed by atoms with Crippen LogP contribution in [-0.2, 0) is 22.6 Å². The van der Waals surface area contributed by atoms with Gasteiger partial charge in [-0.15, -0.1) is 0 Å². The zero-order valence-electron chi connectivity index (χ0n) is 10.0. The smallest absolute Gasteiger partial charge is 0.305 e. The number of methoxy groups -OCH3 is 1. The largest absolute Gasteiger partial charge is 0.469 e. The van der Waals surface area contributed by atoms with E-state index in [0.29, 0.717) is 6.42 Å². The van der Waals surface area contributed by atoms with Crippen molar-refractivity contribution in [3.63, 3.8) is 0 Å². The Morgan fingerprint density at radius 2 is 2.38 bits per heavy atom. The number of nitrogens with one attached hydrogen (secondary N) is 1. The van der Waals surface area contributed by atoms with Crippen LogP contribution in [0, 0.1) is 0 Å². The van der Waals surface area contributed by atoms with Crippen LogP contribution >= 0.6 is 0 Å². The van der Waals surface area contributed by atoms with Gasteiger partial charge in [-0.1, -0.05) is 6.92 Å². The first-order valence-electron chi connectivity index (χ1n) is 5.69. The molecule has 0 aliphatic heterocycles. The number of esters is 1. The van der Waals surface area contributed by atoms with E-state index in [1.807, 2.05) is 12.3 Å². The number of ether oxygens (including phenoxy) is 1. The summed E-state index contributed by atoms with van der Waals surface area (Å²) in [6.07, 6.45) is 3.35. The summed E-state index contributed by atoms with van der Waals surface area (Å²) in [5.41, 5.74) is 1.26. The lowest BCUT2D eigenvalue weighted by atomic mass is 10.3. The van der Waals surface area contributed by atoms with Crippen LogP contribution in [0.4, 0.5) is 0 Å². The average molecular weight is 224 g/mol. The summed E-state index contributed by atoms with van der Waals surface area (Å²) in [4.78, 5) is 11.0. The average Bonchev–Trinajstić information content (AvgIpc) is 2.73. The van der Waals surface area contributed by atoms with Gasteiger partial charge in [0.05, 0.1) is 7.11 Å². The predicted octanol–water partition coefficient (Wildman–Crippen LogP) is 1.55. The molecule has 0 aliphatic rings. The molecule has 1 N–H and O–H groups in total. The second-order valence-electron chi connectivity index (χ2n) is 3.65. The van der Waals surface area contributed by atoms with Gasteiger partial charge < -0.3 is 14.6 Å². The maximum atomic E-state index is 11.0. The third-order valence-corrected chi connectivity index (χ3v) is 2.49. The SMILES string of the molecule is CCNCc1cccn1CCCC(=O)OC. The van der Waals surface area contributed by atoms with Crippen LogP contribution in [0.1, 0.15) is 25.5 Å². The molecule has 0 amide bonds. The van der Waals surface area contributed by atoms with Gasteiger partial charge in [0, 0.05) is 31.4 Å². The van der Waals surface area contributed by atoms with Crippen molar-refractivity contribution in [3.05, 3.63) is 24.0 Å². The van der Waals surface area contributed by atoms with E-state index in [4.69, 9.17) is 0 Å². The molecule has 4 heteroatoms. The molecule has 0 unspecified atom stereocenters. The summed E-state index contributed by atoms with van der Waals surface area (Å²) < 4.78 is 6.78. The maximum Gasteiger partial charge on any atom is 0.305 e. The number of aromatic nitrogens is 1. The molecule has 1 rings (SSSR count). The summed E-state index contributed by atoms with van der Waals surface area (Å²) >= 11 is 0. The van der Waals surface area contributed by atoms with E-state index in [0.717, 1.165) is 26.1 Å². The highest BCUT2D eigenvalue weighted by Gasteiger charge is 2.02. The second kappa shape index (κ2) is 7.06. The topological polar surface area (TPSA) is 43.3 Å². The van der Waals surface area contributed by atoms with Gasteiger partial charge in [0.1, 0.15) is 0 Å². The van der Waals surface area contributed by atoms with Gasteiger partial charge >= 0.3 is 5.97 Å². The number of rotatable bonds is 7. The van der Waals surface area contributed by atoms with E-state index < -0.39 is 0 Å². The van der Waals surface area contributed by atoms with E-state index in [2.05, 4.69) is 27.6 Å². The van der Waals surface area contributed by atoms with Crippen molar-refractivity contribution in [1.29, 1.82) is 0 Å². The van der Waals surface area contributed by atoms with E-state index >= 15 is 0 Å². The van der Waals surface area contributed by atoms with Crippen LogP contribution in [0.3, 0.4) is 0 Å². The first kappa shape index (κ1) is 12.8. The molecule has 0 bridgehead atoms. The molecule has 1 aromatic heterocycles. The van der Waals surface area contributed by atoms with Gasteiger partial charge in [0.15, 0.2) is 0 Å². The Balaban J connectivity index is 2.35. The van der Waals surface area contributed by atoms with Crippen LogP contribution in [0.15, 0.2) is 18.3 Å². The van der Waals surface area contributed by atoms with Crippen LogP contribution in [0.25, 0.3) is 0 Å². The van der Waals surface area contributed by atoms with Gasteiger partial charge in [0.2, 0.25) is 0 Å². The molecule has 0 saturated heterocycles. The summed E-state index contributed by atoms with van der Waals surface area (Å²) in [5, 5.41) is 3.29. The van der Waals surface area contributed by atoms with Crippen LogP contribution < -0.4 is 5.32 Å². The predicted molar refractivity (Wildman–Crippen MR) is 63.1 cm³/mol. The van der Waals surface area contributed by atoms with Crippen molar-refractivity contribution >= 4 is 5.97 Å². The standard InChI is InChI=1S/C12H20N2O2/c1-3-13-10-11-6-4-8-14(11)9-5-7-12(15)16-2/h4,6,8,13H,3,5,7,9-10H2,1-2H3. The fourth-order valence-corrected chi connectivity index (χ4v) is 1.58. The fraction of sp³-hybridized carbons (Fsp3) is 0.583. The minimum absolute atomic E-state index is 0.139. The third kappa shape index (κ3) is 4.06. The first-order chi connectivity index (χ1) is 7.77. The summed E-state index contributed by atoms with van der Waals surface area (Å²) in [6.45, 7) is 4.79. The molecule has 0 saturated carbocycles. The van der Waals surface area contributed by atoms with Gasteiger partial charge in [0.25, 0.3) is 0 Å². The zero-order chi connectivity index (χ0) is 11.8. The molecule has 0 spiro atoms. The Hall–Kier alpha value is -1.29. The first-order valence-corrected chi connectivity index (χ1v) is 5.69. The third-order valence-electron chi connectivity index (χ3n) is 2.49. The van der Waals surface area contributed by atoms with E-state index in [-0.39, 0.29) is 5.97 Å². The van der Waals surface area contributed by atoms with Crippen molar-refractivity contribution in [2.45, 2.75) is 32.9 Å². The highest BCUT2D eigenvalue weighted by atomic mass is 16.5. The van der Waals surface area contributed by atoms with Crippen molar-refractivity contribution < 1.29 is 9.53 Å². The van der Waals surface area contributed by atoms with Crippen molar-refractivity contribution in [3.8, 4) is 0 Å². The Morgan fingerprint density at radius 1 is 1.56 bits per heavy atom. The quantitative estimate of drug-likeness (QED) is 0.715. The van der Waals surface area contributed by atoms with Gasteiger partial charge in [-0.25, -0.2) is 0 Å². The minimum atomic E-state index is -0.139. The normalized spacial score (nSPS) is 10.4. The van der Waals surface area contributed by atoms with Crippen LogP contribution in [-0.4, -0.2) is 24.2 Å². The monoisotopic (exact) mass is 224 g/mol. The lowest BCUT2D eigenvalue weighted by Gasteiger charge is -2.09. The molecule has 1 aromatic rings. The van der Waals surface area contributed by atoms with Crippen molar-refractivity contribution in [2.24, 2.45) is 0 Å². The number of hydrogen-bond acceptors (Lipinski definition) is 3. The summed E-state index contributed by atoms with van der Waals surface area (Å²) in [6, 6.07) is 4.13. The van der Waals surface area contributed by atoms with E-state index in [1.54, 1.807) is 0 Å². The number of nitrogens with zero attached hydrogens (tertiary/aromatic N) is 1. The van der Waals surface area contributed by atoms with Gasteiger partial charge in [-0.3, -0.25) is 4.79 Å². The summed E-state index contributed by atoms with van der Waals surface area (Å²) in [5.74, 6) is -0.139. The molecule has 90 valence electrons. The molecule has 0 fully saturated rings. The van der Waals surface area contributed by atoms with Crippen LogP contribution in [0.5, 0.6) is 0 Å². The fourth-order valence-electron chi connectivity index (χ4n) is 1.58. The molecule has 0 aliphatic carbocycles. The summed E-state index contributed by atoms with van der Waals surface area (Å²) in [7, 11) is 1.43. The van der Waals surface area contributed by atoms with Crippen LogP contribution in [0.2, 0.25) is 0 Å². The molecule has 1 heterocycles.